The van der Waals surface area contributed by atoms with Gasteiger partial charge in [0.2, 0.25) is 0 Å². The van der Waals surface area contributed by atoms with Crippen LogP contribution in [0.25, 0.3) is 0 Å². The molecule has 5 heteroatoms. The fourth-order valence-corrected chi connectivity index (χ4v) is 3.79. The van der Waals surface area contributed by atoms with Gasteiger partial charge >= 0.3 is 0 Å². The molecule has 0 saturated heterocycles. The third-order valence-electron chi connectivity index (χ3n) is 3.48. The van der Waals surface area contributed by atoms with Gasteiger partial charge in [-0.05, 0) is 24.6 Å². The fraction of sp³-hybridized carbons (Fsp3) is 0.294. The van der Waals surface area contributed by atoms with Crippen molar-refractivity contribution in [3.05, 3.63) is 64.5 Å². The normalized spacial score (nSPS) is 15.0. The van der Waals surface area contributed by atoms with Gasteiger partial charge in [0.05, 0.1) is 12.4 Å². The molecule has 116 valence electrons. The number of benzene rings is 2. The third-order valence-corrected chi connectivity index (χ3v) is 4.77. The van der Waals surface area contributed by atoms with E-state index in [1.54, 1.807) is 0 Å². The molecule has 1 aliphatic rings. The highest BCUT2D eigenvalue weighted by molar-refractivity contribution is 7.83. The third kappa shape index (κ3) is 3.54. The summed E-state index contributed by atoms with van der Waals surface area (Å²) in [5.41, 5.74) is 3.48. The van der Waals surface area contributed by atoms with Crippen LogP contribution in [0.3, 0.4) is 0 Å². The maximum absolute atomic E-state index is 13.7. The molecular weight excluding hydrogens is 303 g/mol. The molecule has 3 rings (SSSR count). The molecule has 0 saturated carbocycles. The minimum atomic E-state index is -1.12. The molecule has 0 radical (unpaired) electrons. The van der Waals surface area contributed by atoms with Gasteiger partial charge in [-0.15, -0.1) is 0 Å². The van der Waals surface area contributed by atoms with Crippen molar-refractivity contribution in [1.29, 1.82) is 0 Å². The molecule has 1 unspecified atom stereocenters. The molecular formula is C17H17FO3S. The number of halogens is 1. The summed E-state index contributed by atoms with van der Waals surface area (Å²) < 4.78 is 36.7. The molecule has 22 heavy (non-hydrogen) atoms. The average Bonchev–Trinajstić information content (AvgIpc) is 2.47. The van der Waals surface area contributed by atoms with Gasteiger partial charge in [0.15, 0.2) is 6.79 Å². The molecule has 2 aromatic carbocycles. The first-order chi connectivity index (χ1) is 10.6. The van der Waals surface area contributed by atoms with Crippen LogP contribution in [0.1, 0.15) is 22.3 Å². The highest BCUT2D eigenvalue weighted by atomic mass is 32.2. The topological polar surface area (TPSA) is 35.5 Å². The summed E-state index contributed by atoms with van der Waals surface area (Å²) in [7, 11) is -1.12. The molecule has 0 aromatic heterocycles. The van der Waals surface area contributed by atoms with Crippen LogP contribution in [-0.4, -0.2) is 11.0 Å². The molecule has 1 aliphatic heterocycles. The Hall–Kier alpha value is -1.72. The van der Waals surface area contributed by atoms with E-state index < -0.39 is 10.8 Å². The van der Waals surface area contributed by atoms with E-state index in [0.717, 1.165) is 11.1 Å². The summed E-state index contributed by atoms with van der Waals surface area (Å²) in [5, 5.41) is 0. The number of fused-ring (bicyclic) bond motifs is 1. The van der Waals surface area contributed by atoms with Crippen molar-refractivity contribution in [2.75, 3.05) is 6.79 Å². The van der Waals surface area contributed by atoms with E-state index in [9.17, 15) is 8.60 Å². The maximum atomic E-state index is 13.7. The first-order valence-corrected chi connectivity index (χ1v) is 8.53. The molecule has 0 N–H and O–H groups in total. The lowest BCUT2D eigenvalue weighted by molar-refractivity contribution is -0.0171. The van der Waals surface area contributed by atoms with E-state index in [-0.39, 0.29) is 18.4 Å². The SMILES string of the molecule is Cc1cccc(CS(=O)Cc2cc(F)cc3c2OCOC3)c1. The summed E-state index contributed by atoms with van der Waals surface area (Å²) in [6.45, 7) is 2.48. The van der Waals surface area contributed by atoms with E-state index >= 15 is 0 Å². The second-order valence-electron chi connectivity index (χ2n) is 5.38. The van der Waals surface area contributed by atoms with Crippen molar-refractivity contribution in [2.45, 2.75) is 25.0 Å². The monoisotopic (exact) mass is 320 g/mol. The van der Waals surface area contributed by atoms with Crippen molar-refractivity contribution in [3.63, 3.8) is 0 Å². The Labute approximate surface area is 131 Å². The molecule has 0 fully saturated rings. The summed E-state index contributed by atoms with van der Waals surface area (Å²) in [5.74, 6) is 0.984. The Morgan fingerprint density at radius 2 is 2.09 bits per heavy atom. The number of hydrogen-bond donors (Lipinski definition) is 0. The Kier molecular flexibility index (Phi) is 4.55. The van der Waals surface area contributed by atoms with Crippen molar-refractivity contribution >= 4 is 10.8 Å². The second kappa shape index (κ2) is 6.58. The lowest BCUT2D eigenvalue weighted by Gasteiger charge is -2.20. The summed E-state index contributed by atoms with van der Waals surface area (Å²) in [6, 6.07) is 10.7. The summed E-state index contributed by atoms with van der Waals surface area (Å²) >= 11 is 0. The molecule has 1 atom stereocenters. The maximum Gasteiger partial charge on any atom is 0.189 e. The second-order valence-corrected chi connectivity index (χ2v) is 6.84. The average molecular weight is 320 g/mol. The Morgan fingerprint density at radius 1 is 1.23 bits per heavy atom. The molecule has 0 aliphatic carbocycles. The zero-order valence-electron chi connectivity index (χ0n) is 12.3. The summed E-state index contributed by atoms with van der Waals surface area (Å²) in [4.78, 5) is 0. The van der Waals surface area contributed by atoms with Gasteiger partial charge in [0, 0.05) is 27.7 Å². The highest BCUT2D eigenvalue weighted by Gasteiger charge is 2.18. The lowest BCUT2D eigenvalue weighted by Crippen LogP contribution is -2.14. The Bertz CT molecular complexity index is 715. The van der Waals surface area contributed by atoms with Crippen LogP contribution >= 0.6 is 0 Å². The largest absolute Gasteiger partial charge is 0.467 e. The van der Waals surface area contributed by atoms with Crippen LogP contribution in [0.15, 0.2) is 36.4 Å². The molecule has 2 aromatic rings. The van der Waals surface area contributed by atoms with E-state index in [4.69, 9.17) is 9.47 Å². The fourth-order valence-electron chi connectivity index (χ4n) is 2.58. The van der Waals surface area contributed by atoms with Crippen LogP contribution in [0.4, 0.5) is 4.39 Å². The van der Waals surface area contributed by atoms with Gasteiger partial charge in [-0.2, -0.15) is 0 Å². The van der Waals surface area contributed by atoms with E-state index in [2.05, 4.69) is 0 Å². The zero-order valence-corrected chi connectivity index (χ0v) is 13.1. The number of aryl methyl sites for hydroxylation is 1. The molecule has 1 heterocycles. The van der Waals surface area contributed by atoms with Crippen molar-refractivity contribution < 1.29 is 18.1 Å². The highest BCUT2D eigenvalue weighted by Crippen LogP contribution is 2.30. The van der Waals surface area contributed by atoms with Crippen LogP contribution < -0.4 is 4.74 Å². The van der Waals surface area contributed by atoms with Crippen LogP contribution in [0.5, 0.6) is 5.75 Å². The van der Waals surface area contributed by atoms with Gasteiger partial charge in [0.25, 0.3) is 0 Å². The minimum Gasteiger partial charge on any atom is -0.467 e. The van der Waals surface area contributed by atoms with Crippen LogP contribution in [0.2, 0.25) is 0 Å². The van der Waals surface area contributed by atoms with Crippen molar-refractivity contribution in [2.24, 2.45) is 0 Å². The quantitative estimate of drug-likeness (QED) is 0.865. The lowest BCUT2D eigenvalue weighted by atomic mass is 10.1. The molecule has 3 nitrogen and oxygen atoms in total. The van der Waals surface area contributed by atoms with Crippen LogP contribution in [-0.2, 0) is 33.6 Å². The van der Waals surface area contributed by atoms with Crippen LogP contribution in [0, 0.1) is 12.7 Å². The predicted octanol–water partition coefficient (Wildman–Crippen LogP) is 3.45. The zero-order chi connectivity index (χ0) is 15.5. The number of rotatable bonds is 4. The first kappa shape index (κ1) is 15.2. The van der Waals surface area contributed by atoms with E-state index in [1.165, 1.54) is 12.1 Å². The van der Waals surface area contributed by atoms with Gasteiger partial charge in [0.1, 0.15) is 11.6 Å². The van der Waals surface area contributed by atoms with Gasteiger partial charge in [-0.25, -0.2) is 4.39 Å². The molecule has 0 spiro atoms. The minimum absolute atomic E-state index is 0.149. The van der Waals surface area contributed by atoms with Gasteiger partial charge in [-0.1, -0.05) is 29.8 Å². The molecule has 0 bridgehead atoms. The smallest absolute Gasteiger partial charge is 0.189 e. The van der Waals surface area contributed by atoms with Crippen molar-refractivity contribution in [3.8, 4) is 5.75 Å². The van der Waals surface area contributed by atoms with E-state index in [0.29, 0.717) is 29.2 Å². The first-order valence-electron chi connectivity index (χ1n) is 7.04. The summed E-state index contributed by atoms with van der Waals surface area (Å²) in [6.07, 6.45) is 0. The van der Waals surface area contributed by atoms with E-state index in [1.807, 2.05) is 31.2 Å². The Morgan fingerprint density at radius 3 is 2.91 bits per heavy atom. The number of hydrogen-bond acceptors (Lipinski definition) is 3. The molecule has 0 amide bonds. The van der Waals surface area contributed by atoms with Gasteiger partial charge < -0.3 is 9.47 Å². The Balaban J connectivity index is 1.78. The predicted molar refractivity (Wildman–Crippen MR) is 83.4 cm³/mol. The van der Waals surface area contributed by atoms with Gasteiger partial charge in [-0.3, -0.25) is 4.21 Å². The number of ether oxygens (including phenoxy) is 2. The standard InChI is InChI=1S/C17H17FO3S/c1-12-3-2-4-13(5-12)9-22(19)10-15-7-16(18)6-14-8-20-11-21-17(14)15/h2-7H,8-11H2,1H3. The van der Waals surface area contributed by atoms with Crippen molar-refractivity contribution in [1.82, 2.24) is 0 Å².